The summed E-state index contributed by atoms with van der Waals surface area (Å²) < 4.78 is 14.3. The van der Waals surface area contributed by atoms with E-state index in [1.54, 1.807) is 0 Å². The van der Waals surface area contributed by atoms with Crippen LogP contribution < -0.4 is 0 Å². The Kier molecular flexibility index (Phi) is 9.43. The molecule has 6 nitrogen and oxygen atoms in total. The lowest BCUT2D eigenvalue weighted by molar-refractivity contribution is -0.195. The predicted molar refractivity (Wildman–Crippen MR) is 63.4 cm³/mol. The largest absolute Gasteiger partial charge is 0.387 e. The van der Waals surface area contributed by atoms with Crippen molar-refractivity contribution in [3.63, 3.8) is 0 Å². The lowest BCUT2D eigenvalue weighted by Gasteiger charge is -2.27. The molecule has 8 heteroatoms. The van der Waals surface area contributed by atoms with E-state index < -0.39 is 24.6 Å². The maximum atomic E-state index is 9.60. The lowest BCUT2D eigenvalue weighted by Crippen LogP contribution is -2.47. The summed E-state index contributed by atoms with van der Waals surface area (Å²) in [5.74, 6) is 0. The van der Waals surface area contributed by atoms with Crippen LogP contribution in [0.25, 0.3) is 0 Å². The van der Waals surface area contributed by atoms with Gasteiger partial charge in [-0.1, -0.05) is 0 Å². The number of ether oxygens (including phenoxy) is 2. The molecule has 0 aliphatic heterocycles. The predicted octanol–water partition coefficient (Wildman–Crippen LogP) is -0.297. The summed E-state index contributed by atoms with van der Waals surface area (Å²) in [7, 11) is 3.69. The molecule has 0 aliphatic carbocycles. The summed E-state index contributed by atoms with van der Waals surface area (Å²) >= 11 is 1.92. The van der Waals surface area contributed by atoms with Gasteiger partial charge < -0.3 is 29.0 Å². The fourth-order valence-electron chi connectivity index (χ4n) is 0.927. The molecule has 92 valence electrons. The smallest absolute Gasteiger partial charge is 0.183 e. The van der Waals surface area contributed by atoms with E-state index in [2.05, 4.69) is 4.74 Å². The maximum Gasteiger partial charge on any atom is 0.183 e. The van der Waals surface area contributed by atoms with Crippen LogP contribution in [0, 0.1) is 0 Å². The average Bonchev–Trinajstić information content (AvgIpc) is 2.27. The summed E-state index contributed by atoms with van der Waals surface area (Å²) in [5, 5.41) is 28.1. The minimum atomic E-state index is -1.45. The standard InChI is InChI=1S/C7H15IO6S/c1-12-4(3-14-15-8)5(9)6(10)7(11)13-2/h4-7,9-11H,3H2,1-2H3. The van der Waals surface area contributed by atoms with Gasteiger partial charge in [-0.3, -0.25) is 0 Å². The first-order valence-electron chi connectivity index (χ1n) is 4.08. The van der Waals surface area contributed by atoms with Crippen LogP contribution in [0.4, 0.5) is 0 Å². The molecular formula is C7H15IO6S. The Morgan fingerprint density at radius 3 is 2.13 bits per heavy atom. The third kappa shape index (κ3) is 5.63. The van der Waals surface area contributed by atoms with Gasteiger partial charge in [-0.05, 0) is 0 Å². The van der Waals surface area contributed by atoms with Crippen molar-refractivity contribution in [2.75, 3.05) is 20.8 Å². The second-order valence-corrected chi connectivity index (χ2v) is 4.17. The zero-order chi connectivity index (χ0) is 11.8. The highest BCUT2D eigenvalue weighted by Crippen LogP contribution is 2.16. The van der Waals surface area contributed by atoms with Gasteiger partial charge in [0.25, 0.3) is 0 Å². The fourth-order valence-corrected chi connectivity index (χ4v) is 1.55. The van der Waals surface area contributed by atoms with E-state index >= 15 is 0 Å². The number of halogens is 1. The molecule has 0 aromatic carbocycles. The van der Waals surface area contributed by atoms with Crippen LogP contribution in [0.3, 0.4) is 0 Å². The second-order valence-electron chi connectivity index (χ2n) is 2.73. The summed E-state index contributed by atoms with van der Waals surface area (Å²) in [6.45, 7) is 0.0960. The molecule has 0 aromatic rings. The van der Waals surface area contributed by atoms with Crippen LogP contribution >= 0.6 is 30.4 Å². The Balaban J connectivity index is 4.16. The van der Waals surface area contributed by atoms with Crippen LogP contribution in [0.1, 0.15) is 0 Å². The average molecular weight is 354 g/mol. The Bertz CT molecular complexity index is 162. The lowest BCUT2D eigenvalue weighted by atomic mass is 10.1. The molecule has 0 heterocycles. The van der Waals surface area contributed by atoms with E-state index in [9.17, 15) is 10.2 Å². The normalized spacial score (nSPS) is 19.6. The Morgan fingerprint density at radius 2 is 1.73 bits per heavy atom. The van der Waals surface area contributed by atoms with E-state index in [1.807, 2.05) is 21.2 Å². The first-order valence-corrected chi connectivity index (χ1v) is 7.36. The first-order chi connectivity index (χ1) is 7.08. The van der Waals surface area contributed by atoms with Gasteiger partial charge in [0.15, 0.2) is 6.29 Å². The van der Waals surface area contributed by atoms with Gasteiger partial charge in [-0.15, -0.1) is 0 Å². The molecule has 0 saturated carbocycles. The van der Waals surface area contributed by atoms with Crippen molar-refractivity contribution in [3.8, 4) is 0 Å². The topological polar surface area (TPSA) is 88.4 Å². The van der Waals surface area contributed by atoms with Gasteiger partial charge in [-0.25, -0.2) is 0 Å². The molecule has 0 bridgehead atoms. The molecule has 0 rings (SSSR count). The van der Waals surface area contributed by atoms with E-state index in [-0.39, 0.29) is 6.61 Å². The molecule has 3 N–H and O–H groups in total. The summed E-state index contributed by atoms with van der Waals surface area (Å²) in [6, 6.07) is 0. The molecule has 0 fully saturated rings. The van der Waals surface area contributed by atoms with Crippen molar-refractivity contribution >= 4 is 30.4 Å². The summed E-state index contributed by atoms with van der Waals surface area (Å²) in [4.78, 5) is 0. The van der Waals surface area contributed by atoms with E-state index in [1.165, 1.54) is 14.2 Å². The van der Waals surface area contributed by atoms with Gasteiger partial charge in [0, 0.05) is 35.4 Å². The second kappa shape index (κ2) is 8.93. The highest BCUT2D eigenvalue weighted by molar-refractivity contribution is 14.2. The quantitative estimate of drug-likeness (QED) is 0.313. The molecule has 0 saturated heterocycles. The van der Waals surface area contributed by atoms with Gasteiger partial charge in [0.2, 0.25) is 0 Å². The minimum Gasteiger partial charge on any atom is -0.387 e. The van der Waals surface area contributed by atoms with E-state index in [0.717, 1.165) is 9.21 Å². The zero-order valence-corrected chi connectivity index (χ0v) is 11.3. The molecule has 15 heavy (non-hydrogen) atoms. The van der Waals surface area contributed by atoms with Gasteiger partial charge in [-0.2, -0.15) is 0 Å². The Morgan fingerprint density at radius 1 is 1.13 bits per heavy atom. The number of aliphatic hydroxyl groups is 3. The third-order valence-corrected chi connectivity index (χ3v) is 2.83. The molecule has 0 radical (unpaired) electrons. The molecule has 0 spiro atoms. The molecule has 0 aliphatic rings. The van der Waals surface area contributed by atoms with Crippen molar-refractivity contribution in [2.45, 2.75) is 24.6 Å². The maximum absolute atomic E-state index is 9.60. The third-order valence-electron chi connectivity index (χ3n) is 1.84. The molecule has 0 amide bonds. The first kappa shape index (κ1) is 15.8. The summed E-state index contributed by atoms with van der Waals surface area (Å²) in [6.07, 6.45) is -4.91. The van der Waals surface area contributed by atoms with Gasteiger partial charge in [0.1, 0.15) is 18.3 Å². The number of rotatable bonds is 8. The fraction of sp³-hybridized carbons (Fsp3) is 1.00. The van der Waals surface area contributed by atoms with Crippen LogP contribution in [-0.4, -0.2) is 60.7 Å². The van der Waals surface area contributed by atoms with E-state index in [4.69, 9.17) is 14.0 Å². The van der Waals surface area contributed by atoms with Crippen LogP contribution in [0.2, 0.25) is 0 Å². The van der Waals surface area contributed by atoms with Crippen molar-refractivity contribution in [1.29, 1.82) is 0 Å². The number of methoxy groups -OCH3 is 2. The highest BCUT2D eigenvalue weighted by Gasteiger charge is 2.31. The molecule has 0 aromatic heterocycles. The summed E-state index contributed by atoms with van der Waals surface area (Å²) in [5.41, 5.74) is 0. The molecular weight excluding hydrogens is 339 g/mol. The molecule has 4 unspecified atom stereocenters. The zero-order valence-electron chi connectivity index (χ0n) is 8.37. The van der Waals surface area contributed by atoms with Crippen LogP contribution in [0.15, 0.2) is 0 Å². The van der Waals surface area contributed by atoms with Crippen LogP contribution in [-0.2, 0) is 13.7 Å². The van der Waals surface area contributed by atoms with Crippen LogP contribution in [0.5, 0.6) is 0 Å². The number of aliphatic hydroxyl groups excluding tert-OH is 3. The monoisotopic (exact) mass is 354 g/mol. The minimum absolute atomic E-state index is 0.0960. The van der Waals surface area contributed by atoms with Crippen molar-refractivity contribution < 1.29 is 29.0 Å². The Hall–Kier alpha value is 0.840. The van der Waals surface area contributed by atoms with E-state index in [0.29, 0.717) is 0 Å². The molecule has 4 atom stereocenters. The Labute approximate surface area is 105 Å². The SMILES string of the molecule is COC(O)C(O)C(O)C(COSI)OC. The van der Waals surface area contributed by atoms with Crippen molar-refractivity contribution in [3.05, 3.63) is 0 Å². The van der Waals surface area contributed by atoms with Crippen molar-refractivity contribution in [2.24, 2.45) is 0 Å². The number of hydrogen-bond donors (Lipinski definition) is 3. The highest BCUT2D eigenvalue weighted by atomic mass is 127. The number of hydrogen-bond acceptors (Lipinski definition) is 7. The van der Waals surface area contributed by atoms with Gasteiger partial charge in [0.05, 0.1) is 15.8 Å². The van der Waals surface area contributed by atoms with Gasteiger partial charge >= 0.3 is 0 Å². The van der Waals surface area contributed by atoms with Crippen molar-refractivity contribution in [1.82, 2.24) is 0 Å².